The summed E-state index contributed by atoms with van der Waals surface area (Å²) in [4.78, 5) is 36.8. The number of nitrogens with zero attached hydrogens (tertiary/aromatic N) is 1. The van der Waals surface area contributed by atoms with Crippen molar-refractivity contribution in [3.05, 3.63) is 100 Å². The van der Waals surface area contributed by atoms with Crippen LogP contribution in [-0.4, -0.2) is 24.4 Å². The Balaban J connectivity index is 1.58. The van der Waals surface area contributed by atoms with Gasteiger partial charge in [0.1, 0.15) is 11.6 Å². The van der Waals surface area contributed by atoms with Crippen LogP contribution in [-0.2, 0) is 14.3 Å². The Morgan fingerprint density at radius 3 is 2.14 bits per heavy atom. The molecule has 0 aliphatic heterocycles. The molecule has 0 aromatic heterocycles. The van der Waals surface area contributed by atoms with Gasteiger partial charge in [0.05, 0.1) is 5.56 Å². The number of amides is 2. The Hall–Kier alpha value is -4.70. The predicted octanol–water partition coefficient (Wildman–Crippen LogP) is 4.95. The molecule has 3 aromatic rings. The van der Waals surface area contributed by atoms with E-state index in [0.717, 1.165) is 16.7 Å². The van der Waals surface area contributed by atoms with Crippen LogP contribution in [0, 0.1) is 32.1 Å². The van der Waals surface area contributed by atoms with Gasteiger partial charge in [-0.1, -0.05) is 35.9 Å². The number of esters is 1. The smallest absolute Gasteiger partial charge is 0.338 e. The van der Waals surface area contributed by atoms with Gasteiger partial charge < -0.3 is 15.4 Å². The van der Waals surface area contributed by atoms with Gasteiger partial charge in [-0.25, -0.2) is 4.79 Å². The molecule has 0 unspecified atom stereocenters. The van der Waals surface area contributed by atoms with Crippen molar-refractivity contribution in [1.82, 2.24) is 0 Å². The summed E-state index contributed by atoms with van der Waals surface area (Å²) in [6, 6.07) is 20.8. The lowest BCUT2D eigenvalue weighted by Crippen LogP contribution is -2.20. The van der Waals surface area contributed by atoms with Gasteiger partial charge in [-0.3, -0.25) is 9.59 Å². The Kier molecular flexibility index (Phi) is 8.15. The number of benzene rings is 3. The zero-order valence-electron chi connectivity index (χ0n) is 19.7. The minimum atomic E-state index is -0.660. The van der Waals surface area contributed by atoms with E-state index < -0.39 is 24.4 Å². The van der Waals surface area contributed by atoms with Crippen molar-refractivity contribution >= 4 is 35.2 Å². The first kappa shape index (κ1) is 24.9. The van der Waals surface area contributed by atoms with E-state index in [4.69, 9.17) is 4.74 Å². The fourth-order valence-corrected chi connectivity index (χ4v) is 3.10. The van der Waals surface area contributed by atoms with E-state index >= 15 is 0 Å². The van der Waals surface area contributed by atoms with E-state index in [9.17, 15) is 19.6 Å². The van der Waals surface area contributed by atoms with Gasteiger partial charge in [0.25, 0.3) is 11.8 Å². The first-order valence-corrected chi connectivity index (χ1v) is 10.9. The third kappa shape index (κ3) is 7.14. The first-order chi connectivity index (χ1) is 16.7. The molecule has 0 fully saturated rings. The lowest BCUT2D eigenvalue weighted by Gasteiger charge is -2.08. The molecular weight excluding hydrogens is 442 g/mol. The highest BCUT2D eigenvalue weighted by atomic mass is 16.5. The maximum atomic E-state index is 12.5. The van der Waals surface area contributed by atoms with E-state index in [1.165, 1.54) is 18.2 Å². The standard InChI is InChI=1S/C28H25N3O4/c1-18-4-11-24(12-5-18)30-26(32)17-35-28(34)22-9-7-21(8-10-22)15-23(16-29)27(33)31-25-13-6-19(2)20(3)14-25/h4-15H,17H2,1-3H3,(H,30,32)(H,31,33)/b23-15-. The Morgan fingerprint density at radius 2 is 1.51 bits per heavy atom. The van der Waals surface area contributed by atoms with E-state index in [0.29, 0.717) is 16.9 Å². The van der Waals surface area contributed by atoms with Crippen molar-refractivity contribution in [2.24, 2.45) is 0 Å². The molecule has 0 aliphatic carbocycles. The number of anilines is 2. The highest BCUT2D eigenvalue weighted by Crippen LogP contribution is 2.16. The van der Waals surface area contributed by atoms with Crippen molar-refractivity contribution in [3.8, 4) is 6.07 Å². The number of nitriles is 1. The molecule has 0 aliphatic rings. The van der Waals surface area contributed by atoms with Crippen LogP contribution < -0.4 is 10.6 Å². The van der Waals surface area contributed by atoms with Crippen LogP contribution in [0.1, 0.15) is 32.6 Å². The van der Waals surface area contributed by atoms with Crippen LogP contribution in [0.2, 0.25) is 0 Å². The molecule has 7 nitrogen and oxygen atoms in total. The molecule has 2 N–H and O–H groups in total. The summed E-state index contributed by atoms with van der Waals surface area (Å²) in [6.07, 6.45) is 1.43. The first-order valence-electron chi connectivity index (χ1n) is 10.9. The van der Waals surface area contributed by atoms with Crippen LogP contribution in [0.3, 0.4) is 0 Å². The quantitative estimate of drug-likeness (QED) is 0.290. The summed E-state index contributed by atoms with van der Waals surface area (Å²) in [5.74, 6) is -1.64. The summed E-state index contributed by atoms with van der Waals surface area (Å²) in [5, 5.41) is 14.8. The number of aryl methyl sites for hydroxylation is 3. The van der Waals surface area contributed by atoms with Gasteiger partial charge >= 0.3 is 5.97 Å². The van der Waals surface area contributed by atoms with Crippen LogP contribution in [0.15, 0.2) is 72.3 Å². The van der Waals surface area contributed by atoms with E-state index in [-0.39, 0.29) is 11.1 Å². The molecule has 0 radical (unpaired) electrons. The van der Waals surface area contributed by atoms with Gasteiger partial charge in [0.2, 0.25) is 0 Å². The second-order valence-electron chi connectivity index (χ2n) is 8.04. The van der Waals surface area contributed by atoms with Gasteiger partial charge in [-0.05, 0) is 79.9 Å². The highest BCUT2D eigenvalue weighted by Gasteiger charge is 2.12. The fraction of sp³-hybridized carbons (Fsp3) is 0.143. The molecule has 0 heterocycles. The van der Waals surface area contributed by atoms with Crippen LogP contribution in [0.5, 0.6) is 0 Å². The molecule has 35 heavy (non-hydrogen) atoms. The third-order valence-corrected chi connectivity index (χ3v) is 5.26. The topological polar surface area (TPSA) is 108 Å². The summed E-state index contributed by atoms with van der Waals surface area (Å²) >= 11 is 0. The van der Waals surface area contributed by atoms with E-state index in [1.54, 1.807) is 30.3 Å². The second kappa shape index (κ2) is 11.4. The maximum Gasteiger partial charge on any atom is 0.338 e. The zero-order valence-corrected chi connectivity index (χ0v) is 19.7. The number of hydrogen-bond acceptors (Lipinski definition) is 5. The van der Waals surface area contributed by atoms with E-state index in [1.807, 2.05) is 51.1 Å². The molecule has 0 spiro atoms. The third-order valence-electron chi connectivity index (χ3n) is 5.26. The largest absolute Gasteiger partial charge is 0.452 e. The van der Waals surface area contributed by atoms with Crippen molar-refractivity contribution < 1.29 is 19.1 Å². The Labute approximate surface area is 204 Å². The highest BCUT2D eigenvalue weighted by molar-refractivity contribution is 6.09. The molecule has 0 atom stereocenters. The average molecular weight is 468 g/mol. The number of nitrogens with one attached hydrogen (secondary N) is 2. The van der Waals surface area contributed by atoms with Crippen LogP contribution in [0.25, 0.3) is 6.08 Å². The lowest BCUT2D eigenvalue weighted by molar-refractivity contribution is -0.119. The van der Waals surface area contributed by atoms with E-state index in [2.05, 4.69) is 10.6 Å². The molecule has 3 aromatic carbocycles. The van der Waals surface area contributed by atoms with Gasteiger partial charge in [-0.15, -0.1) is 0 Å². The van der Waals surface area contributed by atoms with Crippen LogP contribution in [0.4, 0.5) is 11.4 Å². The number of carbonyl (C=O) groups excluding carboxylic acids is 3. The zero-order chi connectivity index (χ0) is 25.4. The predicted molar refractivity (Wildman–Crippen MR) is 135 cm³/mol. The maximum absolute atomic E-state index is 12.5. The van der Waals surface area contributed by atoms with Crippen molar-refractivity contribution in [1.29, 1.82) is 5.26 Å². The van der Waals surface area contributed by atoms with Crippen molar-refractivity contribution in [2.75, 3.05) is 17.2 Å². The summed E-state index contributed by atoms with van der Waals surface area (Å²) in [5.41, 5.74) is 5.13. The minimum Gasteiger partial charge on any atom is -0.452 e. The van der Waals surface area contributed by atoms with Crippen molar-refractivity contribution in [2.45, 2.75) is 20.8 Å². The molecular formula is C28H25N3O4. The van der Waals surface area contributed by atoms with Crippen molar-refractivity contribution in [3.63, 3.8) is 0 Å². The number of carbonyl (C=O) groups is 3. The fourth-order valence-electron chi connectivity index (χ4n) is 3.10. The summed E-state index contributed by atoms with van der Waals surface area (Å²) in [7, 11) is 0. The van der Waals surface area contributed by atoms with Gasteiger partial charge in [0, 0.05) is 11.4 Å². The lowest BCUT2D eigenvalue weighted by atomic mass is 10.1. The second-order valence-corrected chi connectivity index (χ2v) is 8.04. The van der Waals surface area contributed by atoms with Crippen LogP contribution >= 0.6 is 0 Å². The molecule has 0 bridgehead atoms. The molecule has 0 saturated heterocycles. The van der Waals surface area contributed by atoms with Gasteiger partial charge in [0.15, 0.2) is 6.61 Å². The number of hydrogen-bond donors (Lipinski definition) is 2. The average Bonchev–Trinajstić information content (AvgIpc) is 2.85. The molecule has 2 amide bonds. The Morgan fingerprint density at radius 1 is 0.857 bits per heavy atom. The molecule has 7 heteroatoms. The Bertz CT molecular complexity index is 1320. The number of rotatable bonds is 7. The molecule has 3 rings (SSSR count). The number of ether oxygens (including phenoxy) is 1. The molecule has 176 valence electrons. The van der Waals surface area contributed by atoms with Gasteiger partial charge in [-0.2, -0.15) is 5.26 Å². The summed E-state index contributed by atoms with van der Waals surface area (Å²) in [6.45, 7) is 5.43. The molecule has 0 saturated carbocycles. The summed E-state index contributed by atoms with van der Waals surface area (Å²) < 4.78 is 5.07. The SMILES string of the molecule is Cc1ccc(NC(=O)COC(=O)c2ccc(/C=C(/C#N)C(=O)Nc3ccc(C)c(C)c3)cc2)cc1. The minimum absolute atomic E-state index is 0.0775. The normalized spacial score (nSPS) is 10.7. The monoisotopic (exact) mass is 467 g/mol.